The summed E-state index contributed by atoms with van der Waals surface area (Å²) in [5.74, 6) is 1.05. The first kappa shape index (κ1) is 19.1. The molecule has 2 aromatic heterocycles. The highest BCUT2D eigenvalue weighted by molar-refractivity contribution is 5.81. The van der Waals surface area contributed by atoms with Gasteiger partial charge in [-0.1, -0.05) is 6.07 Å². The van der Waals surface area contributed by atoms with E-state index in [9.17, 15) is 4.79 Å². The Bertz CT molecular complexity index is 794. The zero-order chi connectivity index (χ0) is 19.6. The molecule has 0 saturated carbocycles. The summed E-state index contributed by atoms with van der Waals surface area (Å²) in [6.45, 7) is 8.70. The number of rotatable bonds is 5. The van der Waals surface area contributed by atoms with Gasteiger partial charge in [-0.3, -0.25) is 14.7 Å². The highest BCUT2D eigenvalue weighted by Crippen LogP contribution is 2.40. The fraction of sp³-hybridized carbons (Fsp3) is 0.571. The van der Waals surface area contributed by atoms with Gasteiger partial charge in [0.15, 0.2) is 6.10 Å². The molecule has 2 aliphatic rings. The third-order valence-electron chi connectivity index (χ3n) is 6.00. The summed E-state index contributed by atoms with van der Waals surface area (Å²) in [6.07, 6.45) is 8.77. The van der Waals surface area contributed by atoms with Gasteiger partial charge in [-0.25, -0.2) is 4.98 Å². The molecule has 0 N–H and O–H groups in total. The van der Waals surface area contributed by atoms with Crippen LogP contribution in [0.1, 0.15) is 38.1 Å². The van der Waals surface area contributed by atoms with Crippen molar-refractivity contribution in [1.29, 1.82) is 0 Å². The van der Waals surface area contributed by atoms with Crippen molar-refractivity contribution in [2.45, 2.75) is 51.5 Å². The van der Waals surface area contributed by atoms with Crippen molar-refractivity contribution >= 4 is 5.91 Å². The highest BCUT2D eigenvalue weighted by atomic mass is 16.5. The lowest BCUT2D eigenvalue weighted by atomic mass is 9.88. The summed E-state index contributed by atoms with van der Waals surface area (Å²) in [6, 6.07) is 4.09. The minimum Gasteiger partial charge on any atom is -0.352 e. The molecular formula is C21H29N5O2. The van der Waals surface area contributed by atoms with Gasteiger partial charge in [-0.15, -0.1) is 0 Å². The Morgan fingerprint density at radius 2 is 2.07 bits per heavy atom. The van der Waals surface area contributed by atoms with Gasteiger partial charge in [0.05, 0.1) is 6.54 Å². The van der Waals surface area contributed by atoms with E-state index in [1.165, 1.54) is 5.56 Å². The molecule has 7 heteroatoms. The molecular weight excluding hydrogens is 354 g/mol. The van der Waals surface area contributed by atoms with Crippen molar-refractivity contribution in [2.24, 2.45) is 0 Å². The number of ether oxygens (including phenoxy) is 1. The molecule has 1 fully saturated rings. The van der Waals surface area contributed by atoms with Crippen molar-refractivity contribution in [2.75, 3.05) is 26.2 Å². The number of nitrogens with zero attached hydrogens (tertiary/aromatic N) is 5. The molecule has 7 nitrogen and oxygen atoms in total. The smallest absolute Gasteiger partial charge is 0.253 e. The van der Waals surface area contributed by atoms with Gasteiger partial charge >= 0.3 is 0 Å². The van der Waals surface area contributed by atoms with Crippen molar-refractivity contribution in [3.05, 3.63) is 48.3 Å². The Balaban J connectivity index is 1.50. The predicted molar refractivity (Wildman–Crippen MR) is 105 cm³/mol. The average molecular weight is 383 g/mol. The van der Waals surface area contributed by atoms with Crippen molar-refractivity contribution in [3.8, 4) is 0 Å². The van der Waals surface area contributed by atoms with E-state index in [-0.39, 0.29) is 5.91 Å². The van der Waals surface area contributed by atoms with Gasteiger partial charge in [0.25, 0.3) is 5.91 Å². The molecule has 28 heavy (non-hydrogen) atoms. The second kappa shape index (κ2) is 8.01. The maximum atomic E-state index is 13.0. The fourth-order valence-electron chi connectivity index (χ4n) is 4.43. The molecule has 1 atom stereocenters. The first-order valence-corrected chi connectivity index (χ1v) is 10.2. The summed E-state index contributed by atoms with van der Waals surface area (Å²) >= 11 is 0. The van der Waals surface area contributed by atoms with Crippen LogP contribution < -0.4 is 0 Å². The van der Waals surface area contributed by atoms with Crippen LogP contribution in [0.25, 0.3) is 0 Å². The minimum absolute atomic E-state index is 0.0847. The predicted octanol–water partition coefficient (Wildman–Crippen LogP) is 2.04. The van der Waals surface area contributed by atoms with E-state index in [0.29, 0.717) is 19.6 Å². The molecule has 1 saturated heterocycles. The molecule has 4 heterocycles. The van der Waals surface area contributed by atoms with Crippen LogP contribution in [0.15, 0.2) is 36.9 Å². The SMILES string of the molecule is CCN(CC)C(=O)C1Cn2ccnc2C2(CCN(Cc3cccnc3)CC2)O1. The largest absolute Gasteiger partial charge is 0.352 e. The van der Waals surface area contributed by atoms with Crippen LogP contribution >= 0.6 is 0 Å². The van der Waals surface area contributed by atoms with Crippen LogP contribution in [-0.2, 0) is 28.2 Å². The number of piperidine rings is 1. The molecule has 1 amide bonds. The summed E-state index contributed by atoms with van der Waals surface area (Å²) in [4.78, 5) is 26.1. The number of pyridine rings is 1. The summed E-state index contributed by atoms with van der Waals surface area (Å²) in [5.41, 5.74) is 0.750. The van der Waals surface area contributed by atoms with E-state index in [0.717, 1.165) is 38.3 Å². The van der Waals surface area contributed by atoms with Gasteiger partial charge in [-0.2, -0.15) is 0 Å². The number of imidazole rings is 1. The average Bonchev–Trinajstić information content (AvgIpc) is 3.21. The molecule has 4 rings (SSSR count). The highest BCUT2D eigenvalue weighted by Gasteiger charge is 2.47. The number of carbonyl (C=O) groups is 1. The number of aromatic nitrogens is 3. The summed E-state index contributed by atoms with van der Waals surface area (Å²) in [7, 11) is 0. The van der Waals surface area contributed by atoms with Gasteiger partial charge in [0, 0.05) is 57.5 Å². The van der Waals surface area contributed by atoms with Crippen molar-refractivity contribution < 1.29 is 9.53 Å². The minimum atomic E-state index is -0.472. The Labute approximate surface area is 166 Å². The van der Waals surface area contributed by atoms with Gasteiger partial charge < -0.3 is 14.2 Å². The lowest BCUT2D eigenvalue weighted by Crippen LogP contribution is -2.54. The van der Waals surface area contributed by atoms with E-state index < -0.39 is 11.7 Å². The molecule has 0 aliphatic carbocycles. The van der Waals surface area contributed by atoms with Crippen LogP contribution in [0.4, 0.5) is 0 Å². The van der Waals surface area contributed by atoms with Crippen LogP contribution in [0.3, 0.4) is 0 Å². The molecule has 2 aliphatic heterocycles. The van der Waals surface area contributed by atoms with Gasteiger partial charge in [0.2, 0.25) is 0 Å². The van der Waals surface area contributed by atoms with E-state index in [1.807, 2.05) is 43.4 Å². The lowest BCUT2D eigenvalue weighted by molar-refractivity contribution is -0.181. The maximum absolute atomic E-state index is 13.0. The third-order valence-corrected chi connectivity index (χ3v) is 6.00. The van der Waals surface area contributed by atoms with E-state index in [2.05, 4.69) is 25.5 Å². The standard InChI is InChI=1S/C21H29N5O2/c1-3-25(4-2)19(27)18-16-26-13-10-23-20(26)21(28-18)7-11-24(12-8-21)15-17-6-5-9-22-14-17/h5-6,9-10,13-14,18H,3-4,7-8,11-12,15-16H2,1-2H3. The molecule has 1 spiro atoms. The van der Waals surface area contributed by atoms with Crippen LogP contribution in [0.2, 0.25) is 0 Å². The Hall–Kier alpha value is -2.25. The van der Waals surface area contributed by atoms with Crippen LogP contribution in [-0.4, -0.2) is 62.5 Å². The number of amides is 1. The third kappa shape index (κ3) is 3.56. The quantitative estimate of drug-likeness (QED) is 0.791. The Kier molecular flexibility index (Phi) is 5.46. The number of likely N-dealkylation sites (N-methyl/N-ethyl adjacent to an activating group) is 1. The number of likely N-dealkylation sites (tertiary alicyclic amines) is 1. The summed E-state index contributed by atoms with van der Waals surface area (Å²) < 4.78 is 8.65. The van der Waals surface area contributed by atoms with Crippen LogP contribution in [0, 0.1) is 0 Å². The molecule has 2 aromatic rings. The lowest BCUT2D eigenvalue weighted by Gasteiger charge is -2.46. The monoisotopic (exact) mass is 383 g/mol. The fourth-order valence-corrected chi connectivity index (χ4v) is 4.43. The molecule has 0 aromatic carbocycles. The normalized spacial score (nSPS) is 21.4. The maximum Gasteiger partial charge on any atom is 0.253 e. The number of carbonyl (C=O) groups excluding carboxylic acids is 1. The molecule has 0 radical (unpaired) electrons. The number of hydrogen-bond acceptors (Lipinski definition) is 5. The van der Waals surface area contributed by atoms with Gasteiger partial charge in [-0.05, 0) is 38.3 Å². The number of hydrogen-bond donors (Lipinski definition) is 0. The molecule has 150 valence electrons. The zero-order valence-corrected chi connectivity index (χ0v) is 16.8. The van der Waals surface area contributed by atoms with E-state index in [4.69, 9.17) is 4.74 Å². The Morgan fingerprint density at radius 3 is 2.75 bits per heavy atom. The first-order chi connectivity index (χ1) is 13.6. The van der Waals surface area contributed by atoms with E-state index >= 15 is 0 Å². The molecule has 0 bridgehead atoms. The number of fused-ring (bicyclic) bond motifs is 2. The zero-order valence-electron chi connectivity index (χ0n) is 16.8. The molecule has 1 unspecified atom stereocenters. The van der Waals surface area contributed by atoms with Crippen molar-refractivity contribution in [3.63, 3.8) is 0 Å². The first-order valence-electron chi connectivity index (χ1n) is 10.2. The Morgan fingerprint density at radius 1 is 1.29 bits per heavy atom. The topological polar surface area (TPSA) is 63.5 Å². The van der Waals surface area contributed by atoms with Crippen LogP contribution in [0.5, 0.6) is 0 Å². The second-order valence-electron chi connectivity index (χ2n) is 7.65. The second-order valence-corrected chi connectivity index (χ2v) is 7.65. The van der Waals surface area contributed by atoms with E-state index in [1.54, 1.807) is 6.20 Å². The van der Waals surface area contributed by atoms with Crippen molar-refractivity contribution in [1.82, 2.24) is 24.3 Å². The summed E-state index contributed by atoms with van der Waals surface area (Å²) in [5, 5.41) is 0. The van der Waals surface area contributed by atoms with Gasteiger partial charge in [0.1, 0.15) is 11.4 Å².